The number of carbonyl (C=O) groups is 1. The van der Waals surface area contributed by atoms with Crippen LogP contribution in [0.2, 0.25) is 0 Å². The van der Waals surface area contributed by atoms with Gasteiger partial charge in [-0.2, -0.15) is 10.5 Å². The molecule has 0 aliphatic carbocycles. The third kappa shape index (κ3) is 3.19. The Bertz CT molecular complexity index is 436. The zero-order valence-electron chi connectivity index (χ0n) is 7.83. The number of carbonyl (C=O) groups excluding carboxylic acids is 1. The molecule has 3 nitrogen and oxygen atoms in total. The van der Waals surface area contributed by atoms with Gasteiger partial charge in [-0.15, -0.1) is 0 Å². The summed E-state index contributed by atoms with van der Waals surface area (Å²) in [5, 5.41) is 17.7. The van der Waals surface area contributed by atoms with Gasteiger partial charge in [-0.3, -0.25) is 4.79 Å². The fourth-order valence-electron chi connectivity index (χ4n) is 1.20. The van der Waals surface area contributed by atoms with Crippen molar-refractivity contribution < 1.29 is 4.79 Å². The lowest BCUT2D eigenvalue weighted by Gasteiger charge is -2.00. The summed E-state index contributed by atoms with van der Waals surface area (Å²) < 4.78 is 0. The van der Waals surface area contributed by atoms with Gasteiger partial charge in [-0.1, -0.05) is 15.9 Å². The van der Waals surface area contributed by atoms with E-state index < -0.39 is 0 Å². The fraction of sp³-hybridized carbons (Fsp3) is 0.182. The van der Waals surface area contributed by atoms with E-state index >= 15 is 0 Å². The number of hydrogen-bond donors (Lipinski definition) is 0. The van der Waals surface area contributed by atoms with Gasteiger partial charge in [0, 0.05) is 6.42 Å². The van der Waals surface area contributed by atoms with E-state index in [2.05, 4.69) is 15.9 Å². The maximum absolute atomic E-state index is 11.2. The summed E-state index contributed by atoms with van der Waals surface area (Å²) in [6.07, 6.45) is 0.245. The third-order valence-corrected chi connectivity index (χ3v) is 2.43. The molecule has 0 saturated carbocycles. The second kappa shape index (κ2) is 5.29. The number of ketones is 1. The predicted molar refractivity (Wildman–Crippen MR) is 58.4 cm³/mol. The molecule has 74 valence electrons. The highest BCUT2D eigenvalue weighted by Crippen LogP contribution is 2.10. The summed E-state index contributed by atoms with van der Waals surface area (Å²) in [6.45, 7) is 0. The number of nitriles is 2. The largest absolute Gasteiger partial charge is 0.298 e. The van der Waals surface area contributed by atoms with Crippen molar-refractivity contribution in [1.82, 2.24) is 0 Å². The summed E-state index contributed by atoms with van der Waals surface area (Å²) >= 11 is 3.06. The monoisotopic (exact) mass is 262 g/mol. The highest BCUT2D eigenvalue weighted by molar-refractivity contribution is 9.09. The molecule has 1 aromatic rings. The molecule has 0 bridgehead atoms. The molecular formula is C11H7BrN2O. The van der Waals surface area contributed by atoms with Gasteiger partial charge in [0.05, 0.1) is 28.6 Å². The highest BCUT2D eigenvalue weighted by Gasteiger charge is 2.05. The van der Waals surface area contributed by atoms with E-state index in [1.165, 1.54) is 6.07 Å². The minimum atomic E-state index is 0.0222. The van der Waals surface area contributed by atoms with Gasteiger partial charge in [0.2, 0.25) is 0 Å². The van der Waals surface area contributed by atoms with E-state index in [-0.39, 0.29) is 17.5 Å². The van der Waals surface area contributed by atoms with E-state index in [9.17, 15) is 4.79 Å². The molecule has 0 aromatic heterocycles. The minimum Gasteiger partial charge on any atom is -0.298 e. The van der Waals surface area contributed by atoms with Crippen molar-refractivity contribution >= 4 is 21.7 Å². The van der Waals surface area contributed by atoms with Crippen molar-refractivity contribution in [1.29, 1.82) is 10.5 Å². The molecule has 0 saturated heterocycles. The number of hydrogen-bond acceptors (Lipinski definition) is 3. The Labute approximate surface area is 96.1 Å². The molecule has 0 aliphatic rings. The Hall–Kier alpha value is -1.65. The summed E-state index contributed by atoms with van der Waals surface area (Å²) in [4.78, 5) is 11.2. The Balaban J connectivity index is 3.04. The maximum atomic E-state index is 11.2. The molecule has 0 fully saturated rings. The van der Waals surface area contributed by atoms with Gasteiger partial charge in [0.15, 0.2) is 0 Å². The first kappa shape index (κ1) is 11.4. The molecular weight excluding hydrogens is 256 g/mol. The minimum absolute atomic E-state index is 0.0222. The highest BCUT2D eigenvalue weighted by atomic mass is 79.9. The van der Waals surface area contributed by atoms with Crippen LogP contribution in [-0.4, -0.2) is 11.1 Å². The van der Waals surface area contributed by atoms with Gasteiger partial charge in [0.1, 0.15) is 5.78 Å². The summed E-state index contributed by atoms with van der Waals surface area (Å²) in [7, 11) is 0. The lowest BCUT2D eigenvalue weighted by molar-refractivity contribution is -0.115. The van der Waals surface area contributed by atoms with Crippen LogP contribution in [0.25, 0.3) is 0 Å². The van der Waals surface area contributed by atoms with Gasteiger partial charge in [0.25, 0.3) is 0 Å². The van der Waals surface area contributed by atoms with E-state index in [0.717, 1.165) is 0 Å². The van der Waals surface area contributed by atoms with Crippen LogP contribution in [-0.2, 0) is 11.2 Å². The standard InChI is InChI=1S/C11H7BrN2O/c12-5-11(15)4-8-1-9(6-13)3-10(2-8)7-14/h1-3H,4-5H2. The first-order chi connectivity index (χ1) is 7.19. The lowest BCUT2D eigenvalue weighted by Crippen LogP contribution is -2.03. The zero-order chi connectivity index (χ0) is 11.3. The Morgan fingerprint density at radius 2 is 1.73 bits per heavy atom. The molecule has 0 radical (unpaired) electrons. The Kier molecular flexibility index (Phi) is 4.03. The molecule has 0 amide bonds. The Morgan fingerprint density at radius 1 is 1.20 bits per heavy atom. The number of nitrogens with zero attached hydrogens (tertiary/aromatic N) is 2. The quantitative estimate of drug-likeness (QED) is 0.782. The van der Waals surface area contributed by atoms with E-state index in [0.29, 0.717) is 16.7 Å². The summed E-state index contributed by atoms with van der Waals surface area (Å²) in [6, 6.07) is 8.67. The number of benzene rings is 1. The van der Waals surface area contributed by atoms with E-state index in [1.807, 2.05) is 12.1 Å². The van der Waals surface area contributed by atoms with Crippen LogP contribution in [0.1, 0.15) is 16.7 Å². The van der Waals surface area contributed by atoms with Crippen LogP contribution in [0.5, 0.6) is 0 Å². The molecule has 15 heavy (non-hydrogen) atoms. The smallest absolute Gasteiger partial charge is 0.147 e. The molecule has 1 rings (SSSR count). The van der Waals surface area contributed by atoms with Crippen LogP contribution >= 0.6 is 15.9 Å². The first-order valence-corrected chi connectivity index (χ1v) is 5.33. The van der Waals surface area contributed by atoms with Crippen LogP contribution in [0.15, 0.2) is 18.2 Å². The number of rotatable bonds is 3. The topological polar surface area (TPSA) is 64.7 Å². The van der Waals surface area contributed by atoms with Gasteiger partial charge in [-0.25, -0.2) is 0 Å². The van der Waals surface area contributed by atoms with Crippen LogP contribution in [0, 0.1) is 22.7 Å². The molecule has 0 aliphatic heterocycles. The number of alkyl halides is 1. The van der Waals surface area contributed by atoms with Crippen LogP contribution in [0.3, 0.4) is 0 Å². The molecule has 1 aromatic carbocycles. The van der Waals surface area contributed by atoms with E-state index in [1.54, 1.807) is 12.1 Å². The zero-order valence-corrected chi connectivity index (χ0v) is 9.41. The first-order valence-electron chi connectivity index (χ1n) is 4.21. The molecule has 0 heterocycles. The van der Waals surface area contributed by atoms with Crippen molar-refractivity contribution in [3.63, 3.8) is 0 Å². The van der Waals surface area contributed by atoms with Crippen molar-refractivity contribution in [2.24, 2.45) is 0 Å². The SMILES string of the molecule is N#Cc1cc(C#N)cc(CC(=O)CBr)c1. The van der Waals surface area contributed by atoms with Gasteiger partial charge >= 0.3 is 0 Å². The predicted octanol–water partition coefficient (Wildman–Crippen LogP) is 1.94. The van der Waals surface area contributed by atoms with Crippen LogP contribution < -0.4 is 0 Å². The normalized spacial score (nSPS) is 9.00. The number of Topliss-reactive ketones (excluding diaryl/α,β-unsaturated/α-hetero) is 1. The number of halogens is 1. The maximum Gasteiger partial charge on any atom is 0.147 e. The average molecular weight is 263 g/mol. The van der Waals surface area contributed by atoms with Crippen molar-refractivity contribution in [3.05, 3.63) is 34.9 Å². The van der Waals surface area contributed by atoms with E-state index in [4.69, 9.17) is 10.5 Å². The Morgan fingerprint density at radius 3 is 2.13 bits per heavy atom. The summed E-state index contributed by atoms with van der Waals surface area (Å²) in [5.41, 5.74) is 1.52. The molecule has 0 spiro atoms. The molecule has 0 unspecified atom stereocenters. The average Bonchev–Trinajstić information content (AvgIpc) is 2.28. The van der Waals surface area contributed by atoms with Crippen LogP contribution in [0.4, 0.5) is 0 Å². The van der Waals surface area contributed by atoms with Crippen molar-refractivity contribution in [3.8, 4) is 12.1 Å². The molecule has 0 atom stereocenters. The molecule has 4 heteroatoms. The second-order valence-electron chi connectivity index (χ2n) is 2.99. The lowest BCUT2D eigenvalue weighted by atomic mass is 10.0. The fourth-order valence-corrected chi connectivity index (χ4v) is 1.40. The van der Waals surface area contributed by atoms with Gasteiger partial charge in [-0.05, 0) is 23.8 Å². The van der Waals surface area contributed by atoms with Crippen molar-refractivity contribution in [2.45, 2.75) is 6.42 Å². The van der Waals surface area contributed by atoms with Crippen molar-refractivity contribution in [2.75, 3.05) is 5.33 Å². The summed E-state index contributed by atoms with van der Waals surface area (Å²) in [5.74, 6) is 0.0222. The second-order valence-corrected chi connectivity index (χ2v) is 3.55. The molecule has 0 N–H and O–H groups in total. The third-order valence-electron chi connectivity index (χ3n) is 1.80. The van der Waals surface area contributed by atoms with Gasteiger partial charge < -0.3 is 0 Å².